The molecule has 2 heterocycles. The van der Waals surface area contributed by atoms with Gasteiger partial charge in [-0.15, -0.1) is 0 Å². The topological polar surface area (TPSA) is 116 Å². The van der Waals surface area contributed by atoms with Crippen molar-refractivity contribution < 1.29 is 33.4 Å². The maximum absolute atomic E-state index is 13.4. The van der Waals surface area contributed by atoms with Crippen molar-refractivity contribution in [2.45, 2.75) is 12.5 Å². The van der Waals surface area contributed by atoms with Crippen LogP contribution in [0.1, 0.15) is 22.8 Å². The molecule has 0 spiro atoms. The summed E-state index contributed by atoms with van der Waals surface area (Å²) in [6, 6.07) is 17.4. The number of benzene rings is 2. The zero-order valence-electron chi connectivity index (χ0n) is 18.0. The Hall–Kier alpha value is -4.07. The lowest BCUT2D eigenvalue weighted by molar-refractivity contribution is -0.154. The molecule has 4 unspecified atom stereocenters. The molecule has 0 radical (unpaired) electrons. The Morgan fingerprint density at radius 1 is 0.735 bits per heavy atom. The molecule has 2 bridgehead atoms. The molecule has 170 valence electrons. The standard InChI is InChI=1S/C26H19NO7/c1-25-15(13-8-4-2-5-9-13)12-26(18-16(25)21(29)33-23(18)31,19-17(25)22(30)34-24(19)32)27-20(28)14-10-6-3-7-11-14/h2-12,16-19H,1H3,(H,27,28). The van der Waals surface area contributed by atoms with E-state index in [-0.39, 0.29) is 0 Å². The molecule has 1 amide bonds. The Morgan fingerprint density at radius 2 is 1.21 bits per heavy atom. The molecule has 3 aliphatic carbocycles. The lowest BCUT2D eigenvalue weighted by Gasteiger charge is -2.59. The van der Waals surface area contributed by atoms with E-state index in [1.54, 1.807) is 43.3 Å². The smallest absolute Gasteiger partial charge is 0.320 e. The SMILES string of the molecule is CC12C(c3ccccc3)=CC(NC(=O)c3ccccc3)(C3C(=O)OC(=O)C31)C1C(=O)OC(=O)C12. The molecular formula is C26H19NO7. The highest BCUT2D eigenvalue weighted by atomic mass is 16.6. The molecule has 8 nitrogen and oxygen atoms in total. The summed E-state index contributed by atoms with van der Waals surface area (Å²) in [7, 11) is 0. The number of cyclic esters (lactones) is 4. The van der Waals surface area contributed by atoms with Crippen molar-refractivity contribution in [3.63, 3.8) is 0 Å². The van der Waals surface area contributed by atoms with E-state index < -0.39 is 64.4 Å². The van der Waals surface area contributed by atoms with Crippen molar-refractivity contribution >= 4 is 35.4 Å². The highest BCUT2D eigenvalue weighted by Crippen LogP contribution is 2.69. The van der Waals surface area contributed by atoms with Crippen LogP contribution in [0.3, 0.4) is 0 Å². The van der Waals surface area contributed by atoms with Gasteiger partial charge in [-0.05, 0) is 23.3 Å². The summed E-state index contributed by atoms with van der Waals surface area (Å²) in [5, 5.41) is 2.88. The summed E-state index contributed by atoms with van der Waals surface area (Å²) >= 11 is 0. The van der Waals surface area contributed by atoms with Gasteiger partial charge in [0.25, 0.3) is 5.91 Å². The average molecular weight is 457 g/mol. The summed E-state index contributed by atoms with van der Waals surface area (Å²) < 4.78 is 10.1. The number of amides is 1. The van der Waals surface area contributed by atoms with E-state index in [9.17, 15) is 24.0 Å². The molecule has 2 saturated heterocycles. The van der Waals surface area contributed by atoms with Crippen LogP contribution in [0.4, 0.5) is 0 Å². The van der Waals surface area contributed by atoms with Gasteiger partial charge in [-0.1, -0.05) is 61.5 Å². The number of allylic oxidation sites excluding steroid dienone is 1. The van der Waals surface area contributed by atoms with E-state index in [0.29, 0.717) is 16.7 Å². The third-order valence-corrected chi connectivity index (χ3v) is 7.82. The first-order valence-corrected chi connectivity index (χ1v) is 11.0. The number of esters is 4. The van der Waals surface area contributed by atoms with Crippen LogP contribution in [0.5, 0.6) is 0 Å². The number of hydrogen-bond donors (Lipinski definition) is 1. The Balaban J connectivity index is 1.64. The third-order valence-electron chi connectivity index (χ3n) is 7.82. The van der Waals surface area contributed by atoms with Gasteiger partial charge in [0, 0.05) is 11.0 Å². The van der Waals surface area contributed by atoms with Crippen LogP contribution in [0.15, 0.2) is 66.7 Å². The predicted molar refractivity (Wildman–Crippen MR) is 115 cm³/mol. The second-order valence-corrected chi connectivity index (χ2v) is 9.35. The molecule has 8 heteroatoms. The van der Waals surface area contributed by atoms with Crippen molar-refractivity contribution in [2.24, 2.45) is 29.1 Å². The van der Waals surface area contributed by atoms with Gasteiger partial charge in [0.15, 0.2) is 0 Å². The first kappa shape index (κ1) is 20.5. The molecule has 5 aliphatic rings. The first-order valence-electron chi connectivity index (χ1n) is 11.0. The van der Waals surface area contributed by atoms with E-state index in [1.807, 2.05) is 30.3 Å². The lowest BCUT2D eigenvalue weighted by atomic mass is 9.41. The molecule has 34 heavy (non-hydrogen) atoms. The second-order valence-electron chi connectivity index (χ2n) is 9.35. The molecular weight excluding hydrogens is 438 g/mol. The van der Waals surface area contributed by atoms with Gasteiger partial charge in [-0.2, -0.15) is 0 Å². The minimum Gasteiger partial charge on any atom is -0.393 e. The second kappa shape index (κ2) is 6.72. The molecule has 2 aromatic carbocycles. The van der Waals surface area contributed by atoms with E-state index >= 15 is 0 Å². The van der Waals surface area contributed by atoms with E-state index in [1.165, 1.54) is 0 Å². The fourth-order valence-corrected chi connectivity index (χ4v) is 6.48. The number of carbonyl (C=O) groups excluding carboxylic acids is 5. The predicted octanol–water partition coefficient (Wildman–Crippen LogP) is 1.90. The average Bonchev–Trinajstić information content (AvgIpc) is 3.33. The lowest BCUT2D eigenvalue weighted by Crippen LogP contribution is -2.72. The van der Waals surface area contributed by atoms with Gasteiger partial charge in [0.05, 0.1) is 29.2 Å². The monoisotopic (exact) mass is 457 g/mol. The maximum atomic E-state index is 13.4. The minimum absolute atomic E-state index is 0.300. The van der Waals surface area contributed by atoms with E-state index in [4.69, 9.17) is 9.47 Å². The Bertz CT molecular complexity index is 1270. The summed E-state index contributed by atoms with van der Waals surface area (Å²) in [4.78, 5) is 65.5. The minimum atomic E-state index is -1.68. The zero-order valence-corrected chi connectivity index (χ0v) is 18.0. The first-order chi connectivity index (χ1) is 16.3. The summed E-state index contributed by atoms with van der Waals surface area (Å²) in [6.07, 6.45) is 1.67. The molecule has 1 N–H and O–H groups in total. The number of nitrogens with one attached hydrogen (secondary N) is 1. The number of hydrogen-bond acceptors (Lipinski definition) is 7. The van der Waals surface area contributed by atoms with Crippen molar-refractivity contribution in [3.05, 3.63) is 77.9 Å². The van der Waals surface area contributed by atoms with Gasteiger partial charge in [-0.3, -0.25) is 24.0 Å². The van der Waals surface area contributed by atoms with Crippen LogP contribution >= 0.6 is 0 Å². The van der Waals surface area contributed by atoms with Crippen LogP contribution < -0.4 is 5.32 Å². The molecule has 7 rings (SSSR count). The van der Waals surface area contributed by atoms with Gasteiger partial charge < -0.3 is 14.8 Å². The van der Waals surface area contributed by atoms with Crippen LogP contribution in [-0.2, 0) is 28.7 Å². The van der Waals surface area contributed by atoms with E-state index in [0.717, 1.165) is 0 Å². The normalized spacial score (nSPS) is 35.3. The third kappa shape index (κ3) is 2.40. The van der Waals surface area contributed by atoms with Crippen LogP contribution in [0.25, 0.3) is 5.57 Å². The Morgan fingerprint density at radius 3 is 1.74 bits per heavy atom. The number of ether oxygens (including phenoxy) is 2. The van der Waals surface area contributed by atoms with E-state index in [2.05, 4.69) is 5.32 Å². The van der Waals surface area contributed by atoms with Gasteiger partial charge in [0.1, 0.15) is 0 Å². The van der Waals surface area contributed by atoms with Crippen molar-refractivity contribution in [3.8, 4) is 0 Å². The quantitative estimate of drug-likeness (QED) is 0.553. The van der Waals surface area contributed by atoms with Crippen LogP contribution in [-0.4, -0.2) is 35.3 Å². The van der Waals surface area contributed by atoms with Crippen LogP contribution in [0.2, 0.25) is 0 Å². The fourth-order valence-electron chi connectivity index (χ4n) is 6.48. The largest absolute Gasteiger partial charge is 0.393 e. The molecule has 0 aromatic heterocycles. The summed E-state index contributed by atoms with van der Waals surface area (Å²) in [5.41, 5.74) is -1.34. The highest BCUT2D eigenvalue weighted by Gasteiger charge is 2.80. The molecule has 3 fully saturated rings. The number of rotatable bonds is 3. The van der Waals surface area contributed by atoms with Gasteiger partial charge in [-0.25, -0.2) is 0 Å². The van der Waals surface area contributed by atoms with Crippen molar-refractivity contribution in [1.82, 2.24) is 5.32 Å². The van der Waals surface area contributed by atoms with Crippen molar-refractivity contribution in [2.75, 3.05) is 0 Å². The maximum Gasteiger partial charge on any atom is 0.320 e. The summed E-state index contributed by atoms with van der Waals surface area (Å²) in [5.74, 6) is -8.26. The zero-order chi connectivity index (χ0) is 23.8. The van der Waals surface area contributed by atoms with Crippen molar-refractivity contribution in [1.29, 1.82) is 0 Å². The molecule has 2 aromatic rings. The molecule has 1 saturated carbocycles. The Kier molecular flexibility index (Phi) is 4.06. The van der Waals surface area contributed by atoms with Gasteiger partial charge in [0.2, 0.25) is 0 Å². The summed E-state index contributed by atoms with van der Waals surface area (Å²) in [6.45, 7) is 1.70. The van der Waals surface area contributed by atoms with Crippen LogP contribution in [0, 0.1) is 29.1 Å². The Labute approximate surface area is 193 Å². The van der Waals surface area contributed by atoms with Gasteiger partial charge >= 0.3 is 23.9 Å². The molecule has 2 aliphatic heterocycles. The number of carbonyl (C=O) groups is 5. The highest BCUT2D eigenvalue weighted by molar-refractivity contribution is 6.09. The molecule has 4 atom stereocenters. The fraction of sp³-hybridized carbons (Fsp3) is 0.269.